The Labute approximate surface area is 201 Å². The molecule has 0 heterocycles. The fourth-order valence-electron chi connectivity index (χ4n) is 3.51. The van der Waals surface area contributed by atoms with Gasteiger partial charge in [0.2, 0.25) is 21.8 Å². The molecule has 7 nitrogen and oxygen atoms in total. The van der Waals surface area contributed by atoms with Crippen LogP contribution in [-0.2, 0) is 26.2 Å². The Kier molecular flexibility index (Phi) is 9.73. The van der Waals surface area contributed by atoms with E-state index in [-0.39, 0.29) is 24.8 Å². The number of carbonyl (C=O) groups excluding carboxylic acids is 2. The van der Waals surface area contributed by atoms with Crippen molar-refractivity contribution in [2.75, 3.05) is 23.7 Å². The maximum Gasteiger partial charge on any atom is 0.242 e. The quantitative estimate of drug-likeness (QED) is 0.516. The number of hydrogen-bond acceptors (Lipinski definition) is 4. The second-order valence-electron chi connectivity index (χ2n) is 7.94. The number of aryl methyl sites for hydroxylation is 1. The van der Waals surface area contributed by atoms with E-state index in [1.807, 2.05) is 38.1 Å². The highest BCUT2D eigenvalue weighted by molar-refractivity contribution is 7.92. The first-order valence-electron chi connectivity index (χ1n) is 10.9. The molecule has 33 heavy (non-hydrogen) atoms. The van der Waals surface area contributed by atoms with Gasteiger partial charge in [0.25, 0.3) is 0 Å². The van der Waals surface area contributed by atoms with Crippen LogP contribution in [0.4, 0.5) is 5.69 Å². The first-order chi connectivity index (χ1) is 15.5. The lowest BCUT2D eigenvalue weighted by Gasteiger charge is -2.30. The van der Waals surface area contributed by atoms with Crippen LogP contribution in [0.3, 0.4) is 0 Å². The molecule has 2 rings (SSSR count). The van der Waals surface area contributed by atoms with Crippen molar-refractivity contribution in [2.24, 2.45) is 0 Å². The minimum Gasteiger partial charge on any atom is -0.355 e. The molecule has 0 radical (unpaired) electrons. The summed E-state index contributed by atoms with van der Waals surface area (Å²) in [6.07, 6.45) is 1.52. The highest BCUT2D eigenvalue weighted by Gasteiger charge is 2.26. The SMILES string of the molecule is CCNC(=O)[C@H](C)N(Cc1ccccc1C)C(=O)CCCN(c1cccc(Cl)c1)S(C)(=O)=O. The molecule has 1 atom stereocenters. The van der Waals surface area contributed by atoms with Crippen LogP contribution >= 0.6 is 11.6 Å². The molecule has 0 aliphatic heterocycles. The number of nitrogens with one attached hydrogen (secondary N) is 1. The van der Waals surface area contributed by atoms with Gasteiger partial charge in [-0.2, -0.15) is 0 Å². The number of benzene rings is 2. The molecular formula is C24H32ClN3O4S. The first-order valence-corrected chi connectivity index (χ1v) is 13.1. The number of halogens is 1. The zero-order chi connectivity index (χ0) is 24.6. The van der Waals surface area contributed by atoms with Crippen LogP contribution in [0.5, 0.6) is 0 Å². The summed E-state index contributed by atoms with van der Waals surface area (Å²) in [6, 6.07) is 13.7. The van der Waals surface area contributed by atoms with E-state index >= 15 is 0 Å². The fourth-order valence-corrected chi connectivity index (χ4v) is 4.65. The van der Waals surface area contributed by atoms with Gasteiger partial charge in [-0.15, -0.1) is 0 Å². The Hall–Kier alpha value is -2.58. The minimum atomic E-state index is -3.56. The molecule has 2 aromatic carbocycles. The van der Waals surface area contributed by atoms with Gasteiger partial charge in [0, 0.05) is 31.1 Å². The highest BCUT2D eigenvalue weighted by atomic mass is 35.5. The van der Waals surface area contributed by atoms with Crippen molar-refractivity contribution in [3.63, 3.8) is 0 Å². The summed E-state index contributed by atoms with van der Waals surface area (Å²) in [6.45, 7) is 6.39. The van der Waals surface area contributed by atoms with Gasteiger partial charge in [-0.05, 0) is 56.5 Å². The monoisotopic (exact) mass is 493 g/mol. The van der Waals surface area contributed by atoms with Crippen molar-refractivity contribution in [1.82, 2.24) is 10.2 Å². The number of likely N-dealkylation sites (N-methyl/N-ethyl adjacent to an activating group) is 1. The third-order valence-electron chi connectivity index (χ3n) is 5.37. The van der Waals surface area contributed by atoms with E-state index < -0.39 is 16.1 Å². The molecule has 0 aliphatic rings. The largest absolute Gasteiger partial charge is 0.355 e. The molecule has 0 aromatic heterocycles. The van der Waals surface area contributed by atoms with Crippen LogP contribution in [0, 0.1) is 6.92 Å². The predicted octanol–water partition coefficient (Wildman–Crippen LogP) is 3.75. The third kappa shape index (κ3) is 7.75. The predicted molar refractivity (Wildman–Crippen MR) is 133 cm³/mol. The zero-order valence-electron chi connectivity index (χ0n) is 19.5. The lowest BCUT2D eigenvalue weighted by atomic mass is 10.1. The molecule has 9 heteroatoms. The number of rotatable bonds is 11. The Morgan fingerprint density at radius 2 is 1.82 bits per heavy atom. The molecule has 2 amide bonds. The first kappa shape index (κ1) is 26.7. The third-order valence-corrected chi connectivity index (χ3v) is 6.80. The standard InChI is InChI=1S/C24H32ClN3O4S/c1-5-26-24(30)19(3)27(17-20-11-7-6-10-18(20)2)23(29)14-9-15-28(33(4,31)32)22-13-8-12-21(25)16-22/h6-8,10-13,16,19H,5,9,14-15,17H2,1-4H3,(H,26,30)/t19-/m0/s1. The molecular weight excluding hydrogens is 462 g/mol. The van der Waals surface area contributed by atoms with Crippen molar-refractivity contribution in [3.05, 3.63) is 64.7 Å². The molecule has 0 bridgehead atoms. The fraction of sp³-hybridized carbons (Fsp3) is 0.417. The van der Waals surface area contributed by atoms with Crippen molar-refractivity contribution in [2.45, 2.75) is 46.2 Å². The Bertz CT molecular complexity index is 1070. The molecule has 0 unspecified atom stereocenters. The summed E-state index contributed by atoms with van der Waals surface area (Å²) >= 11 is 6.02. The second-order valence-corrected chi connectivity index (χ2v) is 10.3. The minimum absolute atomic E-state index is 0.0994. The van der Waals surface area contributed by atoms with E-state index in [2.05, 4.69) is 5.32 Å². The van der Waals surface area contributed by atoms with Crippen LogP contribution in [-0.4, -0.2) is 50.5 Å². The maximum absolute atomic E-state index is 13.2. The molecule has 0 fully saturated rings. The van der Waals surface area contributed by atoms with Gasteiger partial charge < -0.3 is 10.2 Å². The Balaban J connectivity index is 2.16. The smallest absolute Gasteiger partial charge is 0.242 e. The van der Waals surface area contributed by atoms with Crippen molar-refractivity contribution in [1.29, 1.82) is 0 Å². The summed E-state index contributed by atoms with van der Waals surface area (Å²) < 4.78 is 25.9. The van der Waals surface area contributed by atoms with Gasteiger partial charge >= 0.3 is 0 Å². The number of hydrogen-bond donors (Lipinski definition) is 1. The van der Waals surface area contributed by atoms with Gasteiger partial charge in [0.1, 0.15) is 6.04 Å². The summed E-state index contributed by atoms with van der Waals surface area (Å²) in [7, 11) is -3.56. The topological polar surface area (TPSA) is 86.8 Å². The zero-order valence-corrected chi connectivity index (χ0v) is 21.1. The van der Waals surface area contributed by atoms with E-state index in [1.165, 1.54) is 4.31 Å². The van der Waals surface area contributed by atoms with Crippen LogP contribution in [0.25, 0.3) is 0 Å². The molecule has 0 spiro atoms. The highest BCUT2D eigenvalue weighted by Crippen LogP contribution is 2.23. The Morgan fingerprint density at radius 1 is 1.12 bits per heavy atom. The number of carbonyl (C=O) groups is 2. The average Bonchev–Trinajstić information content (AvgIpc) is 2.74. The van der Waals surface area contributed by atoms with E-state index in [0.717, 1.165) is 17.4 Å². The van der Waals surface area contributed by atoms with Gasteiger partial charge in [-0.25, -0.2) is 8.42 Å². The van der Waals surface area contributed by atoms with Gasteiger partial charge in [0.15, 0.2) is 0 Å². The van der Waals surface area contributed by atoms with Crippen molar-refractivity contribution >= 4 is 39.1 Å². The maximum atomic E-state index is 13.2. The lowest BCUT2D eigenvalue weighted by Crippen LogP contribution is -2.47. The van der Waals surface area contributed by atoms with E-state index in [9.17, 15) is 18.0 Å². The number of nitrogens with zero attached hydrogens (tertiary/aromatic N) is 2. The summed E-state index contributed by atoms with van der Waals surface area (Å²) in [5.41, 5.74) is 2.44. The van der Waals surface area contributed by atoms with Crippen molar-refractivity contribution in [3.8, 4) is 0 Å². The van der Waals surface area contributed by atoms with E-state index in [4.69, 9.17) is 11.6 Å². The van der Waals surface area contributed by atoms with Gasteiger partial charge in [-0.3, -0.25) is 13.9 Å². The van der Waals surface area contributed by atoms with Gasteiger partial charge in [0.05, 0.1) is 11.9 Å². The Morgan fingerprint density at radius 3 is 2.42 bits per heavy atom. The normalized spacial score (nSPS) is 12.2. The molecule has 1 N–H and O–H groups in total. The molecule has 0 saturated heterocycles. The number of anilines is 1. The lowest BCUT2D eigenvalue weighted by molar-refractivity contribution is -0.140. The van der Waals surface area contributed by atoms with Crippen LogP contribution in [0.15, 0.2) is 48.5 Å². The van der Waals surface area contributed by atoms with Crippen molar-refractivity contribution < 1.29 is 18.0 Å². The molecule has 180 valence electrons. The average molecular weight is 494 g/mol. The molecule has 0 aliphatic carbocycles. The van der Waals surface area contributed by atoms with E-state index in [1.54, 1.807) is 36.1 Å². The summed E-state index contributed by atoms with van der Waals surface area (Å²) in [5, 5.41) is 3.20. The second kappa shape index (κ2) is 12.0. The van der Waals surface area contributed by atoms with Crippen LogP contribution in [0.2, 0.25) is 5.02 Å². The number of sulfonamides is 1. The number of amides is 2. The van der Waals surface area contributed by atoms with Crippen LogP contribution in [0.1, 0.15) is 37.8 Å². The summed E-state index contributed by atoms with van der Waals surface area (Å²) in [5.74, 6) is -0.437. The van der Waals surface area contributed by atoms with E-state index in [0.29, 0.717) is 30.2 Å². The van der Waals surface area contributed by atoms with Gasteiger partial charge in [-0.1, -0.05) is 41.9 Å². The molecule has 2 aromatic rings. The molecule has 0 saturated carbocycles. The van der Waals surface area contributed by atoms with Crippen LogP contribution < -0.4 is 9.62 Å². The summed E-state index contributed by atoms with van der Waals surface area (Å²) in [4.78, 5) is 27.2.